The number of rotatable bonds is 5. The van der Waals surface area contributed by atoms with E-state index in [1.54, 1.807) is 35.9 Å². The first kappa shape index (κ1) is 16.3. The van der Waals surface area contributed by atoms with Gasteiger partial charge in [0.2, 0.25) is 0 Å². The third kappa shape index (κ3) is 3.08. The van der Waals surface area contributed by atoms with Crippen molar-refractivity contribution in [1.82, 2.24) is 9.55 Å². The molecule has 0 radical (unpaired) electrons. The van der Waals surface area contributed by atoms with E-state index in [2.05, 4.69) is 17.0 Å². The van der Waals surface area contributed by atoms with Crippen LogP contribution >= 0.6 is 0 Å². The topological polar surface area (TPSA) is 67.9 Å². The number of hydrogen-bond donors (Lipinski definition) is 0. The third-order valence-corrected chi connectivity index (χ3v) is 3.93. The van der Waals surface area contributed by atoms with Crippen molar-refractivity contribution in [2.75, 3.05) is 6.61 Å². The van der Waals surface area contributed by atoms with Crippen LogP contribution in [0.5, 0.6) is 5.75 Å². The molecule has 0 unspecified atom stereocenters. The molecule has 0 N–H and O–H groups in total. The molecule has 0 amide bonds. The lowest BCUT2D eigenvalue weighted by Gasteiger charge is -2.09. The van der Waals surface area contributed by atoms with E-state index < -0.39 is 5.92 Å². The van der Waals surface area contributed by atoms with Gasteiger partial charge in [-0.25, -0.2) is 4.98 Å². The number of carbonyl (C=O) groups excluding carboxylic acids is 1. The number of ketones is 1. The first-order valence-electron chi connectivity index (χ1n) is 7.67. The van der Waals surface area contributed by atoms with E-state index in [1.165, 1.54) is 0 Å². The van der Waals surface area contributed by atoms with Crippen molar-refractivity contribution < 1.29 is 9.53 Å². The number of aromatic nitrogens is 2. The Balaban J connectivity index is 1.92. The Bertz CT molecular complexity index is 1000. The van der Waals surface area contributed by atoms with E-state index in [1.807, 2.05) is 24.3 Å². The summed E-state index contributed by atoms with van der Waals surface area (Å²) in [5, 5.41) is 9.56. The minimum Gasteiger partial charge on any atom is -0.481 e. The Labute approximate surface area is 145 Å². The highest BCUT2D eigenvalue weighted by atomic mass is 16.5. The minimum absolute atomic E-state index is 0.161. The summed E-state index contributed by atoms with van der Waals surface area (Å²) in [6, 6.07) is 16.2. The molecule has 122 valence electrons. The van der Waals surface area contributed by atoms with Crippen LogP contribution in [-0.4, -0.2) is 21.9 Å². The van der Waals surface area contributed by atoms with Crippen molar-refractivity contribution in [3.63, 3.8) is 0 Å². The zero-order valence-electron chi connectivity index (χ0n) is 13.6. The van der Waals surface area contributed by atoms with Crippen LogP contribution in [0.15, 0.2) is 48.5 Å². The minimum atomic E-state index is -0.977. The van der Waals surface area contributed by atoms with E-state index in [0.717, 1.165) is 11.0 Å². The highest BCUT2D eigenvalue weighted by molar-refractivity contribution is 6.02. The van der Waals surface area contributed by atoms with Crippen LogP contribution in [0, 0.1) is 23.7 Å². The van der Waals surface area contributed by atoms with Crippen molar-refractivity contribution in [2.45, 2.75) is 5.92 Å². The highest BCUT2D eigenvalue weighted by Crippen LogP contribution is 2.24. The number of carbonyl (C=O) groups is 1. The van der Waals surface area contributed by atoms with Gasteiger partial charge in [0, 0.05) is 12.6 Å². The largest absolute Gasteiger partial charge is 0.481 e. The van der Waals surface area contributed by atoms with Gasteiger partial charge in [-0.1, -0.05) is 18.1 Å². The molecule has 0 fully saturated rings. The van der Waals surface area contributed by atoms with Crippen LogP contribution in [0.25, 0.3) is 11.0 Å². The van der Waals surface area contributed by atoms with E-state index in [9.17, 15) is 10.1 Å². The van der Waals surface area contributed by atoms with Crippen molar-refractivity contribution in [1.29, 1.82) is 5.26 Å². The molecule has 0 aliphatic rings. The molecule has 0 aliphatic heterocycles. The number of imidazole rings is 1. The number of hydrogen-bond acceptors (Lipinski definition) is 4. The molecule has 5 nitrogen and oxygen atoms in total. The summed E-state index contributed by atoms with van der Waals surface area (Å²) in [5.41, 5.74) is 2.06. The maximum Gasteiger partial charge on any atom is 0.187 e. The summed E-state index contributed by atoms with van der Waals surface area (Å²) in [6.45, 7) is 0.161. The lowest BCUT2D eigenvalue weighted by Crippen LogP contribution is -2.15. The number of aryl methyl sites for hydroxylation is 1. The van der Waals surface area contributed by atoms with Gasteiger partial charge in [0.1, 0.15) is 18.2 Å². The molecular formula is C20H15N3O2. The van der Waals surface area contributed by atoms with Crippen molar-refractivity contribution in [3.8, 4) is 24.2 Å². The summed E-state index contributed by atoms with van der Waals surface area (Å²) in [4.78, 5) is 17.2. The van der Waals surface area contributed by atoms with Gasteiger partial charge in [-0.15, -0.1) is 6.42 Å². The van der Waals surface area contributed by atoms with E-state index >= 15 is 0 Å². The van der Waals surface area contributed by atoms with Crippen molar-refractivity contribution in [3.05, 3.63) is 59.9 Å². The average Bonchev–Trinajstić information content (AvgIpc) is 2.98. The van der Waals surface area contributed by atoms with Crippen LogP contribution in [0.1, 0.15) is 22.1 Å². The smallest absolute Gasteiger partial charge is 0.187 e. The number of nitrogens with zero attached hydrogens (tertiary/aromatic N) is 3. The van der Waals surface area contributed by atoms with Gasteiger partial charge in [-0.05, 0) is 36.4 Å². The molecule has 1 atom stereocenters. The molecule has 0 bridgehead atoms. The standard InChI is InChI=1S/C20H15N3O2/c1-3-12-25-15-10-8-14(9-11-15)19(24)16(13-21)20-22-17-6-4-5-7-18(17)23(20)2/h1,4-11,16H,12H2,2H3/t16-/m1/s1. The highest BCUT2D eigenvalue weighted by Gasteiger charge is 2.26. The molecule has 2 aromatic carbocycles. The lowest BCUT2D eigenvalue weighted by atomic mass is 9.98. The molecule has 0 aliphatic carbocycles. The zero-order chi connectivity index (χ0) is 17.8. The fourth-order valence-corrected chi connectivity index (χ4v) is 2.66. The first-order chi connectivity index (χ1) is 12.2. The molecule has 1 aromatic heterocycles. The molecular weight excluding hydrogens is 314 g/mol. The van der Waals surface area contributed by atoms with Gasteiger partial charge in [0.05, 0.1) is 17.1 Å². The van der Waals surface area contributed by atoms with Crippen LogP contribution < -0.4 is 4.74 Å². The normalized spacial score (nSPS) is 11.5. The maximum absolute atomic E-state index is 12.8. The number of Topliss-reactive ketones (excluding diaryl/α,β-unsaturated/α-hetero) is 1. The second-order valence-corrected chi connectivity index (χ2v) is 5.46. The van der Waals surface area contributed by atoms with Crippen molar-refractivity contribution in [2.24, 2.45) is 7.05 Å². The van der Waals surface area contributed by atoms with Gasteiger partial charge in [-0.2, -0.15) is 5.26 Å². The zero-order valence-corrected chi connectivity index (χ0v) is 13.6. The van der Waals surface area contributed by atoms with Crippen LogP contribution in [0.3, 0.4) is 0 Å². The quantitative estimate of drug-likeness (QED) is 0.533. The number of nitriles is 1. The van der Waals surface area contributed by atoms with E-state index in [0.29, 0.717) is 17.1 Å². The van der Waals surface area contributed by atoms with Crippen LogP contribution in [0.4, 0.5) is 0 Å². The summed E-state index contributed by atoms with van der Waals surface area (Å²) < 4.78 is 7.07. The number of para-hydroxylation sites is 2. The Hall–Kier alpha value is -3.57. The lowest BCUT2D eigenvalue weighted by molar-refractivity contribution is 0.0975. The average molecular weight is 329 g/mol. The number of benzene rings is 2. The number of ether oxygens (including phenoxy) is 1. The molecule has 1 heterocycles. The molecule has 3 aromatic rings. The number of fused-ring (bicyclic) bond motifs is 1. The Morgan fingerprint density at radius 1 is 1.28 bits per heavy atom. The summed E-state index contributed by atoms with van der Waals surface area (Å²) >= 11 is 0. The maximum atomic E-state index is 12.8. The Kier molecular flexibility index (Phi) is 4.50. The van der Waals surface area contributed by atoms with Gasteiger partial charge in [0.15, 0.2) is 11.7 Å². The predicted molar refractivity (Wildman–Crippen MR) is 94.2 cm³/mol. The summed E-state index contributed by atoms with van der Waals surface area (Å²) in [6.07, 6.45) is 5.15. The molecule has 0 saturated carbocycles. The predicted octanol–water partition coefficient (Wildman–Crippen LogP) is 3.08. The Morgan fingerprint density at radius 2 is 2.00 bits per heavy atom. The van der Waals surface area contributed by atoms with Gasteiger partial charge >= 0.3 is 0 Å². The monoisotopic (exact) mass is 329 g/mol. The van der Waals surface area contributed by atoms with Gasteiger partial charge in [-0.3, -0.25) is 4.79 Å². The molecule has 25 heavy (non-hydrogen) atoms. The van der Waals surface area contributed by atoms with Crippen LogP contribution in [0.2, 0.25) is 0 Å². The fourth-order valence-electron chi connectivity index (χ4n) is 2.66. The summed E-state index contributed by atoms with van der Waals surface area (Å²) in [5.74, 6) is 2.11. The van der Waals surface area contributed by atoms with Gasteiger partial charge in [0.25, 0.3) is 0 Å². The first-order valence-corrected chi connectivity index (χ1v) is 7.67. The second-order valence-electron chi connectivity index (χ2n) is 5.46. The van der Waals surface area contributed by atoms with Crippen LogP contribution in [-0.2, 0) is 7.05 Å². The summed E-state index contributed by atoms with van der Waals surface area (Å²) in [7, 11) is 1.80. The number of terminal acetylenes is 1. The molecule has 0 spiro atoms. The van der Waals surface area contributed by atoms with Crippen molar-refractivity contribution >= 4 is 16.8 Å². The third-order valence-electron chi connectivity index (χ3n) is 3.93. The van der Waals surface area contributed by atoms with E-state index in [4.69, 9.17) is 11.2 Å². The molecule has 3 rings (SSSR count). The fraction of sp³-hybridized carbons (Fsp3) is 0.150. The molecule has 5 heteroatoms. The molecule has 0 saturated heterocycles. The Morgan fingerprint density at radius 3 is 2.64 bits per heavy atom. The van der Waals surface area contributed by atoms with E-state index in [-0.39, 0.29) is 12.4 Å². The second kappa shape index (κ2) is 6.90. The SMILES string of the molecule is C#CCOc1ccc(C(=O)[C@@H](C#N)c2nc3ccccc3n2C)cc1. The van der Waals surface area contributed by atoms with Gasteiger partial charge < -0.3 is 9.30 Å².